The van der Waals surface area contributed by atoms with E-state index < -0.39 is 0 Å². The summed E-state index contributed by atoms with van der Waals surface area (Å²) in [5.74, 6) is 0.711. The lowest BCUT2D eigenvalue weighted by Gasteiger charge is -2.19. The molecule has 1 fully saturated rings. The first kappa shape index (κ1) is 10.5. The Bertz CT molecular complexity index is 610. The molecule has 0 aromatic carbocycles. The van der Waals surface area contributed by atoms with Crippen molar-refractivity contribution in [3.8, 4) is 0 Å². The molecule has 0 saturated heterocycles. The Morgan fingerprint density at radius 1 is 1.28 bits per heavy atom. The highest BCUT2D eigenvalue weighted by atomic mass is 15.3. The zero-order valence-corrected chi connectivity index (χ0v) is 10.9. The van der Waals surface area contributed by atoms with Crippen molar-refractivity contribution in [3.05, 3.63) is 29.2 Å². The minimum absolute atomic E-state index is 0.575. The van der Waals surface area contributed by atoms with Crippen LogP contribution in [0.4, 0.5) is 0 Å². The van der Waals surface area contributed by atoms with Gasteiger partial charge in [0.15, 0.2) is 5.65 Å². The maximum atomic E-state index is 4.84. The Labute approximate surface area is 107 Å². The van der Waals surface area contributed by atoms with Crippen molar-refractivity contribution in [1.29, 1.82) is 0 Å². The van der Waals surface area contributed by atoms with E-state index in [1.54, 1.807) is 0 Å². The van der Waals surface area contributed by atoms with E-state index in [9.17, 15) is 0 Å². The van der Waals surface area contributed by atoms with Crippen molar-refractivity contribution in [1.82, 2.24) is 19.5 Å². The second-order valence-electron chi connectivity index (χ2n) is 5.82. The Morgan fingerprint density at radius 2 is 2.11 bits per heavy atom. The number of aromatic nitrogens is 3. The van der Waals surface area contributed by atoms with E-state index in [0.717, 1.165) is 18.7 Å². The monoisotopic (exact) mass is 242 g/mol. The summed E-state index contributed by atoms with van der Waals surface area (Å²) in [6.07, 6.45) is 4.68. The minimum Gasteiger partial charge on any atom is -0.291 e. The second-order valence-corrected chi connectivity index (χ2v) is 5.82. The van der Waals surface area contributed by atoms with Crippen LogP contribution < -0.4 is 0 Å². The number of nitrogens with zero attached hydrogens (tertiary/aromatic N) is 4. The first-order chi connectivity index (χ1) is 8.72. The molecule has 1 aliphatic carbocycles. The highest BCUT2D eigenvalue weighted by Crippen LogP contribution is 2.39. The van der Waals surface area contributed by atoms with Crippen LogP contribution in [-0.4, -0.2) is 25.5 Å². The van der Waals surface area contributed by atoms with Crippen LogP contribution in [0.15, 0.2) is 12.3 Å². The molecule has 2 aromatic heterocycles. The van der Waals surface area contributed by atoms with Gasteiger partial charge in [0.2, 0.25) is 0 Å². The highest BCUT2D eigenvalue weighted by Gasteiger charge is 2.29. The quantitative estimate of drug-likeness (QED) is 0.810. The summed E-state index contributed by atoms with van der Waals surface area (Å²) in [5, 5.41) is 4.66. The van der Waals surface area contributed by atoms with Crippen molar-refractivity contribution in [2.24, 2.45) is 0 Å². The van der Waals surface area contributed by atoms with Crippen LogP contribution in [0.5, 0.6) is 0 Å². The van der Waals surface area contributed by atoms with E-state index >= 15 is 0 Å². The zero-order valence-electron chi connectivity index (χ0n) is 10.9. The molecule has 1 aliphatic heterocycles. The third kappa shape index (κ3) is 1.48. The van der Waals surface area contributed by atoms with Crippen LogP contribution >= 0.6 is 0 Å². The summed E-state index contributed by atoms with van der Waals surface area (Å²) >= 11 is 0. The molecule has 18 heavy (non-hydrogen) atoms. The van der Waals surface area contributed by atoms with Gasteiger partial charge >= 0.3 is 0 Å². The summed E-state index contributed by atoms with van der Waals surface area (Å²) in [5.41, 5.74) is 4.89. The van der Waals surface area contributed by atoms with Gasteiger partial charge < -0.3 is 0 Å². The fourth-order valence-electron chi connectivity index (χ4n) is 2.75. The smallest absolute Gasteiger partial charge is 0.160 e. The van der Waals surface area contributed by atoms with Crippen LogP contribution in [0, 0.1) is 0 Å². The van der Waals surface area contributed by atoms with Gasteiger partial charge in [-0.25, -0.2) is 9.50 Å². The maximum Gasteiger partial charge on any atom is 0.160 e. The van der Waals surface area contributed by atoms with E-state index in [0.29, 0.717) is 12.0 Å². The summed E-state index contributed by atoms with van der Waals surface area (Å²) < 4.78 is 1.95. The summed E-state index contributed by atoms with van der Waals surface area (Å²) in [6.45, 7) is 6.45. The standard InChI is InChI=1S/C14H18N4/c1-9(2)17-7-11-13(8-17)16-18-6-5-12(10-3-4-10)15-14(11)18/h5-6,9-10H,3-4,7-8H2,1-2H3. The molecule has 0 radical (unpaired) electrons. The van der Waals surface area contributed by atoms with Gasteiger partial charge in [0.1, 0.15) is 0 Å². The van der Waals surface area contributed by atoms with Gasteiger partial charge in [0.25, 0.3) is 0 Å². The Morgan fingerprint density at radius 3 is 2.83 bits per heavy atom. The van der Waals surface area contributed by atoms with Crippen molar-refractivity contribution >= 4 is 5.65 Å². The Kier molecular flexibility index (Phi) is 2.07. The highest BCUT2D eigenvalue weighted by molar-refractivity contribution is 5.52. The molecule has 0 bridgehead atoms. The number of hydrogen-bond acceptors (Lipinski definition) is 3. The Hall–Kier alpha value is -1.42. The van der Waals surface area contributed by atoms with Crippen molar-refractivity contribution in [2.75, 3.05) is 0 Å². The van der Waals surface area contributed by atoms with Gasteiger partial charge in [-0.3, -0.25) is 4.90 Å². The maximum absolute atomic E-state index is 4.84. The third-order valence-electron chi connectivity index (χ3n) is 4.13. The molecule has 4 nitrogen and oxygen atoms in total. The van der Waals surface area contributed by atoms with Crippen LogP contribution in [0.1, 0.15) is 49.6 Å². The number of hydrogen-bond donors (Lipinski definition) is 0. The van der Waals surface area contributed by atoms with Crippen molar-refractivity contribution in [3.63, 3.8) is 0 Å². The molecule has 94 valence electrons. The second kappa shape index (κ2) is 3.54. The number of rotatable bonds is 2. The first-order valence-electron chi connectivity index (χ1n) is 6.83. The van der Waals surface area contributed by atoms with Gasteiger partial charge in [-0.15, -0.1) is 0 Å². The van der Waals surface area contributed by atoms with Gasteiger partial charge in [-0.2, -0.15) is 5.10 Å². The van der Waals surface area contributed by atoms with Gasteiger partial charge in [-0.1, -0.05) is 0 Å². The topological polar surface area (TPSA) is 33.4 Å². The Balaban J connectivity index is 1.79. The van der Waals surface area contributed by atoms with E-state index in [1.165, 1.54) is 29.8 Å². The molecule has 2 aliphatic rings. The lowest BCUT2D eigenvalue weighted by molar-refractivity contribution is 0.225. The third-order valence-corrected chi connectivity index (χ3v) is 4.13. The van der Waals surface area contributed by atoms with Crippen molar-refractivity contribution in [2.45, 2.75) is 51.7 Å². The van der Waals surface area contributed by atoms with Gasteiger partial charge in [0, 0.05) is 42.5 Å². The van der Waals surface area contributed by atoms with Crippen LogP contribution in [0.2, 0.25) is 0 Å². The van der Waals surface area contributed by atoms with Crippen LogP contribution in [0.25, 0.3) is 5.65 Å². The lowest BCUT2D eigenvalue weighted by Crippen LogP contribution is -2.25. The zero-order chi connectivity index (χ0) is 12.3. The fraction of sp³-hybridized carbons (Fsp3) is 0.571. The molecule has 1 saturated carbocycles. The number of fused-ring (bicyclic) bond motifs is 3. The molecule has 0 N–H and O–H groups in total. The molecular weight excluding hydrogens is 224 g/mol. The predicted octanol–water partition coefficient (Wildman–Crippen LogP) is 2.33. The molecule has 0 unspecified atom stereocenters. The van der Waals surface area contributed by atoms with Crippen molar-refractivity contribution < 1.29 is 0 Å². The van der Waals surface area contributed by atoms with E-state index in [2.05, 4.69) is 36.1 Å². The lowest BCUT2D eigenvalue weighted by atomic mass is 10.2. The van der Waals surface area contributed by atoms with E-state index in [1.807, 2.05) is 4.52 Å². The molecule has 4 rings (SSSR count). The van der Waals surface area contributed by atoms with E-state index in [-0.39, 0.29) is 0 Å². The van der Waals surface area contributed by atoms with Gasteiger partial charge in [0.05, 0.1) is 5.69 Å². The summed E-state index contributed by atoms with van der Waals surface area (Å²) in [7, 11) is 0. The van der Waals surface area contributed by atoms with E-state index in [4.69, 9.17) is 4.98 Å². The molecule has 3 heterocycles. The average molecular weight is 242 g/mol. The average Bonchev–Trinajstić information content (AvgIpc) is 3.01. The molecule has 0 spiro atoms. The van der Waals surface area contributed by atoms with Crippen LogP contribution in [-0.2, 0) is 13.1 Å². The molecule has 0 amide bonds. The SMILES string of the molecule is CC(C)N1Cc2nn3ccc(C4CC4)nc3c2C1. The first-order valence-corrected chi connectivity index (χ1v) is 6.83. The van der Waals surface area contributed by atoms with Crippen LogP contribution in [0.3, 0.4) is 0 Å². The van der Waals surface area contributed by atoms with Gasteiger partial charge in [-0.05, 0) is 32.8 Å². The predicted molar refractivity (Wildman–Crippen MR) is 69.3 cm³/mol. The molecular formula is C14H18N4. The summed E-state index contributed by atoms with van der Waals surface area (Å²) in [4.78, 5) is 7.28. The fourth-order valence-corrected chi connectivity index (χ4v) is 2.75. The largest absolute Gasteiger partial charge is 0.291 e. The minimum atomic E-state index is 0.575. The molecule has 0 atom stereocenters. The molecule has 4 heteroatoms. The normalized spacial score (nSPS) is 19.9. The summed E-state index contributed by atoms with van der Waals surface area (Å²) in [6, 6.07) is 2.71. The molecule has 2 aromatic rings.